The lowest BCUT2D eigenvalue weighted by Crippen LogP contribution is -2.42. The number of anilines is 1. The van der Waals surface area contributed by atoms with Crippen molar-refractivity contribution in [1.29, 1.82) is 5.26 Å². The Morgan fingerprint density at radius 3 is 2.88 bits per heavy atom. The topological polar surface area (TPSA) is 116 Å². The van der Waals surface area contributed by atoms with Crippen LogP contribution in [0, 0.1) is 18.3 Å². The van der Waals surface area contributed by atoms with Crippen molar-refractivity contribution < 1.29 is 19.4 Å². The summed E-state index contributed by atoms with van der Waals surface area (Å²) in [5, 5.41) is 22.7. The van der Waals surface area contributed by atoms with Crippen LogP contribution >= 0.6 is 11.3 Å². The predicted molar refractivity (Wildman–Crippen MR) is 125 cm³/mol. The second-order valence-corrected chi connectivity index (χ2v) is 9.45. The summed E-state index contributed by atoms with van der Waals surface area (Å²) in [5.74, 6) is -0.316. The van der Waals surface area contributed by atoms with Crippen molar-refractivity contribution >= 4 is 34.4 Å². The fourth-order valence-corrected chi connectivity index (χ4v) is 5.36. The van der Waals surface area contributed by atoms with Crippen LogP contribution in [0.5, 0.6) is 0 Å². The van der Waals surface area contributed by atoms with Gasteiger partial charge in [0.05, 0.1) is 11.7 Å². The zero-order chi connectivity index (χ0) is 23.4. The minimum absolute atomic E-state index is 0.265. The van der Waals surface area contributed by atoms with Gasteiger partial charge in [-0.15, -0.1) is 11.3 Å². The van der Waals surface area contributed by atoms with E-state index in [-0.39, 0.29) is 24.2 Å². The molecule has 3 heterocycles. The maximum atomic E-state index is 12.5. The number of likely N-dealkylation sites (tertiary alicyclic amines) is 1. The number of pyridine rings is 1. The van der Waals surface area contributed by atoms with Crippen LogP contribution in [0.4, 0.5) is 9.80 Å². The fraction of sp³-hybridized carbons (Fsp3) is 0.417. The average molecular weight is 467 g/mol. The van der Waals surface area contributed by atoms with Crippen LogP contribution in [0.2, 0.25) is 0 Å². The van der Waals surface area contributed by atoms with Gasteiger partial charge in [0.1, 0.15) is 17.2 Å². The molecular weight excluding hydrogens is 440 g/mol. The minimum Gasteiger partial charge on any atom is -0.446 e. The smallest absolute Gasteiger partial charge is 0.410 e. The van der Waals surface area contributed by atoms with Crippen molar-refractivity contribution in [3.8, 4) is 6.07 Å². The molecule has 1 aliphatic heterocycles. The molecule has 0 aromatic carbocycles. The van der Waals surface area contributed by atoms with Crippen LogP contribution in [0.15, 0.2) is 24.5 Å². The summed E-state index contributed by atoms with van der Waals surface area (Å²) in [6.45, 7) is 2.94. The highest BCUT2D eigenvalue weighted by atomic mass is 32.1. The number of aliphatic hydroxyl groups is 1. The Kier molecular flexibility index (Phi) is 7.06. The largest absolute Gasteiger partial charge is 0.446 e. The molecule has 33 heavy (non-hydrogen) atoms. The number of amides is 2. The van der Waals surface area contributed by atoms with E-state index >= 15 is 0 Å². The molecule has 1 saturated heterocycles. The zero-order valence-electron chi connectivity index (χ0n) is 18.4. The van der Waals surface area contributed by atoms with Gasteiger partial charge >= 0.3 is 6.09 Å². The standard InChI is InChI=1S/C24H26N4O4S/c1-15-6-9-26-14-16(15)2-5-22(30)27-23-20(13-25)19-4-3-18(12-21(19)33-23)32-24(31)28-10-7-17(29)8-11-28/h2,5-6,9,14,17-18,29H,3-4,7-8,10-12H2,1H3,(H,27,30)/b5-2+. The highest BCUT2D eigenvalue weighted by Crippen LogP contribution is 2.38. The molecule has 1 fully saturated rings. The maximum absolute atomic E-state index is 12.5. The Morgan fingerprint density at radius 1 is 1.36 bits per heavy atom. The van der Waals surface area contributed by atoms with Gasteiger partial charge in [0.15, 0.2) is 0 Å². The van der Waals surface area contributed by atoms with Gasteiger partial charge < -0.3 is 20.1 Å². The molecular formula is C24H26N4O4S. The first-order chi connectivity index (χ1) is 15.9. The van der Waals surface area contributed by atoms with Gasteiger partial charge in [-0.2, -0.15) is 5.26 Å². The number of thiophene rings is 1. The van der Waals surface area contributed by atoms with E-state index in [0.29, 0.717) is 55.8 Å². The number of nitrogens with zero attached hydrogens (tertiary/aromatic N) is 3. The van der Waals surface area contributed by atoms with Crippen LogP contribution in [-0.4, -0.2) is 52.3 Å². The molecule has 1 aliphatic carbocycles. The van der Waals surface area contributed by atoms with E-state index in [2.05, 4.69) is 16.4 Å². The Balaban J connectivity index is 1.40. The summed E-state index contributed by atoms with van der Waals surface area (Å²) in [7, 11) is 0. The fourth-order valence-electron chi connectivity index (χ4n) is 4.10. The summed E-state index contributed by atoms with van der Waals surface area (Å²) >= 11 is 1.37. The SMILES string of the molecule is Cc1ccncc1/C=C/C(=O)Nc1sc2c(c1C#N)CCC(OC(=O)N1CCC(O)CC1)C2. The first-order valence-corrected chi connectivity index (χ1v) is 11.8. The van der Waals surface area contributed by atoms with Gasteiger partial charge in [-0.1, -0.05) is 0 Å². The first kappa shape index (κ1) is 23.0. The molecule has 4 rings (SSSR count). The third kappa shape index (κ3) is 5.41. The van der Waals surface area contributed by atoms with Crippen molar-refractivity contribution in [2.45, 2.75) is 51.2 Å². The molecule has 1 atom stereocenters. The number of hydrogen-bond acceptors (Lipinski definition) is 7. The van der Waals surface area contributed by atoms with Gasteiger partial charge in [-0.05, 0) is 61.4 Å². The van der Waals surface area contributed by atoms with Crippen molar-refractivity contribution in [1.82, 2.24) is 9.88 Å². The molecule has 9 heteroatoms. The van der Waals surface area contributed by atoms with Gasteiger partial charge in [0.2, 0.25) is 5.91 Å². The van der Waals surface area contributed by atoms with Gasteiger partial charge in [0, 0.05) is 42.9 Å². The lowest BCUT2D eigenvalue weighted by Gasteiger charge is -2.31. The predicted octanol–water partition coefficient (Wildman–Crippen LogP) is 3.43. The van der Waals surface area contributed by atoms with Gasteiger partial charge in [0.25, 0.3) is 0 Å². The molecule has 172 valence electrons. The van der Waals surface area contributed by atoms with Gasteiger partial charge in [-0.3, -0.25) is 9.78 Å². The third-order valence-corrected chi connectivity index (χ3v) is 7.22. The molecule has 0 bridgehead atoms. The second-order valence-electron chi connectivity index (χ2n) is 8.34. The zero-order valence-corrected chi connectivity index (χ0v) is 19.2. The molecule has 8 nitrogen and oxygen atoms in total. The molecule has 2 amide bonds. The highest BCUT2D eigenvalue weighted by Gasteiger charge is 2.30. The first-order valence-electron chi connectivity index (χ1n) is 11.0. The van der Waals surface area contributed by atoms with Crippen molar-refractivity contribution in [2.75, 3.05) is 18.4 Å². The maximum Gasteiger partial charge on any atom is 0.410 e. The van der Waals surface area contributed by atoms with Crippen LogP contribution in [0.3, 0.4) is 0 Å². The monoisotopic (exact) mass is 466 g/mol. The Morgan fingerprint density at radius 2 is 2.15 bits per heavy atom. The number of aromatic nitrogens is 1. The Bertz CT molecular complexity index is 1110. The van der Waals surface area contributed by atoms with E-state index in [0.717, 1.165) is 21.6 Å². The summed E-state index contributed by atoms with van der Waals surface area (Å²) in [6, 6.07) is 4.10. The number of nitriles is 1. The van der Waals surface area contributed by atoms with E-state index in [9.17, 15) is 20.0 Å². The number of carbonyl (C=O) groups is 2. The molecule has 2 N–H and O–H groups in total. The summed E-state index contributed by atoms with van der Waals surface area (Å²) in [5.41, 5.74) is 3.29. The molecule has 2 aromatic rings. The molecule has 2 aliphatic rings. The van der Waals surface area contributed by atoms with E-state index in [1.54, 1.807) is 23.4 Å². The van der Waals surface area contributed by atoms with Crippen LogP contribution < -0.4 is 5.32 Å². The normalized spacial score (nSPS) is 18.6. The number of aryl methyl sites for hydroxylation is 1. The van der Waals surface area contributed by atoms with E-state index in [4.69, 9.17) is 4.74 Å². The lowest BCUT2D eigenvalue weighted by molar-refractivity contribution is -0.111. The second kappa shape index (κ2) is 10.1. The molecule has 0 spiro atoms. The van der Waals surface area contributed by atoms with Crippen molar-refractivity contribution in [3.05, 3.63) is 51.7 Å². The number of rotatable bonds is 4. The van der Waals surface area contributed by atoms with Gasteiger partial charge in [-0.25, -0.2) is 4.79 Å². The number of hydrogen-bond donors (Lipinski definition) is 2. The van der Waals surface area contributed by atoms with Crippen molar-refractivity contribution in [2.24, 2.45) is 0 Å². The Hall–Kier alpha value is -3.22. The number of fused-ring (bicyclic) bond motifs is 1. The number of aliphatic hydroxyl groups excluding tert-OH is 1. The average Bonchev–Trinajstić information content (AvgIpc) is 3.14. The molecule has 0 saturated carbocycles. The summed E-state index contributed by atoms with van der Waals surface area (Å²) in [6.07, 6.45) is 8.47. The van der Waals surface area contributed by atoms with Crippen LogP contribution in [0.1, 0.15) is 46.4 Å². The van der Waals surface area contributed by atoms with Crippen LogP contribution in [-0.2, 0) is 22.4 Å². The minimum atomic E-state index is -0.350. The lowest BCUT2D eigenvalue weighted by atomic mass is 9.94. The van der Waals surface area contributed by atoms with E-state index in [1.165, 1.54) is 17.4 Å². The summed E-state index contributed by atoms with van der Waals surface area (Å²) in [4.78, 5) is 31.6. The number of ether oxygens (including phenoxy) is 1. The summed E-state index contributed by atoms with van der Waals surface area (Å²) < 4.78 is 5.71. The van der Waals surface area contributed by atoms with Crippen molar-refractivity contribution in [3.63, 3.8) is 0 Å². The van der Waals surface area contributed by atoms with E-state index in [1.807, 2.05) is 13.0 Å². The van der Waals surface area contributed by atoms with E-state index < -0.39 is 0 Å². The van der Waals surface area contributed by atoms with Crippen LogP contribution in [0.25, 0.3) is 6.08 Å². The molecule has 2 aromatic heterocycles. The Labute approximate surface area is 196 Å². The number of carbonyl (C=O) groups excluding carboxylic acids is 2. The highest BCUT2D eigenvalue weighted by molar-refractivity contribution is 7.16. The molecule has 0 radical (unpaired) electrons. The molecule has 1 unspecified atom stereocenters. The number of piperidine rings is 1. The third-order valence-electron chi connectivity index (χ3n) is 6.05. The number of nitrogens with one attached hydrogen (secondary N) is 1. The quantitative estimate of drug-likeness (QED) is 0.667.